The van der Waals surface area contributed by atoms with Crippen LogP contribution in [0.3, 0.4) is 0 Å². The summed E-state index contributed by atoms with van der Waals surface area (Å²) in [4.78, 5) is 21.8. The van der Waals surface area contributed by atoms with E-state index in [1.807, 2.05) is 0 Å². The Morgan fingerprint density at radius 1 is 1.50 bits per heavy atom. The number of esters is 1. The number of nitrogens with zero attached hydrogens (tertiary/aromatic N) is 2. The van der Waals surface area contributed by atoms with Gasteiger partial charge in [-0.25, -0.2) is 4.79 Å². The molecule has 0 aliphatic rings. The second-order valence-corrected chi connectivity index (χ2v) is 4.33. The Kier molecular flexibility index (Phi) is 3.99. The summed E-state index contributed by atoms with van der Waals surface area (Å²) in [7, 11) is 0. The van der Waals surface area contributed by atoms with Gasteiger partial charge in [0.1, 0.15) is 18.1 Å². The van der Waals surface area contributed by atoms with Gasteiger partial charge in [0.25, 0.3) is 5.69 Å². The normalized spacial score (nSPS) is 10.3. The molecule has 0 atom stereocenters. The van der Waals surface area contributed by atoms with Gasteiger partial charge in [0.05, 0.1) is 15.5 Å². The minimum absolute atomic E-state index is 0.0412. The van der Waals surface area contributed by atoms with E-state index >= 15 is 0 Å². The van der Waals surface area contributed by atoms with Gasteiger partial charge in [0.2, 0.25) is 0 Å². The van der Waals surface area contributed by atoms with Gasteiger partial charge in [-0.2, -0.15) is 0 Å². The lowest BCUT2D eigenvalue weighted by molar-refractivity contribution is -0.384. The average molecular weight is 297 g/mol. The Bertz CT molecular complexity index is 668. The van der Waals surface area contributed by atoms with E-state index in [4.69, 9.17) is 20.9 Å². The Hall–Kier alpha value is -2.41. The topological polar surface area (TPSA) is 95.5 Å². The molecule has 8 heteroatoms. The lowest BCUT2D eigenvalue weighted by Crippen LogP contribution is -2.06. The highest BCUT2D eigenvalue weighted by Crippen LogP contribution is 2.23. The van der Waals surface area contributed by atoms with Crippen molar-refractivity contribution < 1.29 is 19.0 Å². The molecule has 0 bridgehead atoms. The van der Waals surface area contributed by atoms with Gasteiger partial charge in [0.15, 0.2) is 0 Å². The van der Waals surface area contributed by atoms with E-state index in [1.54, 1.807) is 13.0 Å². The third kappa shape index (κ3) is 3.12. The molecule has 2 rings (SSSR count). The van der Waals surface area contributed by atoms with E-state index in [0.717, 1.165) is 6.07 Å². The molecule has 0 fully saturated rings. The number of ether oxygens (including phenoxy) is 1. The Labute approximate surface area is 118 Å². The molecule has 0 radical (unpaired) electrons. The van der Waals surface area contributed by atoms with Crippen molar-refractivity contribution in [3.05, 3.63) is 56.4 Å². The molecule has 0 spiro atoms. The molecule has 0 aliphatic carbocycles. The first-order chi connectivity index (χ1) is 9.47. The van der Waals surface area contributed by atoms with E-state index < -0.39 is 10.9 Å². The Balaban J connectivity index is 2.07. The van der Waals surface area contributed by atoms with Crippen LogP contribution in [0.1, 0.15) is 21.8 Å². The largest absolute Gasteiger partial charge is 0.455 e. The average Bonchev–Trinajstić information content (AvgIpc) is 2.81. The summed E-state index contributed by atoms with van der Waals surface area (Å²) in [5.41, 5.74) is 0.324. The molecule has 20 heavy (non-hydrogen) atoms. The quantitative estimate of drug-likeness (QED) is 0.489. The third-order valence-corrected chi connectivity index (χ3v) is 2.72. The number of nitro groups is 1. The molecule has 0 unspecified atom stereocenters. The van der Waals surface area contributed by atoms with Crippen LogP contribution in [0, 0.1) is 17.0 Å². The van der Waals surface area contributed by atoms with Gasteiger partial charge in [0, 0.05) is 18.2 Å². The van der Waals surface area contributed by atoms with Crippen molar-refractivity contribution in [3.8, 4) is 0 Å². The summed E-state index contributed by atoms with van der Waals surface area (Å²) < 4.78 is 9.82. The van der Waals surface area contributed by atoms with Crippen molar-refractivity contribution in [2.45, 2.75) is 13.5 Å². The maximum Gasteiger partial charge on any atom is 0.340 e. The first-order valence-electron chi connectivity index (χ1n) is 5.50. The van der Waals surface area contributed by atoms with E-state index in [9.17, 15) is 14.9 Å². The first-order valence-corrected chi connectivity index (χ1v) is 5.88. The maximum absolute atomic E-state index is 11.8. The molecule has 2 aromatic rings. The number of rotatable bonds is 4. The third-order valence-electron chi connectivity index (χ3n) is 2.41. The molecular weight excluding hydrogens is 288 g/mol. The fourth-order valence-corrected chi connectivity index (χ4v) is 1.74. The Morgan fingerprint density at radius 2 is 2.25 bits per heavy atom. The van der Waals surface area contributed by atoms with E-state index in [2.05, 4.69) is 5.16 Å². The number of hydrogen-bond donors (Lipinski definition) is 0. The molecule has 1 aromatic carbocycles. The second kappa shape index (κ2) is 5.70. The number of aromatic nitrogens is 1. The standard InChI is InChI=1S/C12H9ClN2O5/c1-7-4-8(14-20-7)6-19-12(16)10-3-2-9(15(17)18)5-11(10)13/h2-5H,6H2,1H3. The SMILES string of the molecule is Cc1cc(COC(=O)c2ccc([N+](=O)[O-])cc2Cl)no1. The zero-order valence-electron chi connectivity index (χ0n) is 10.3. The van der Waals surface area contributed by atoms with Gasteiger partial charge in [-0.15, -0.1) is 0 Å². The van der Waals surface area contributed by atoms with Crippen LogP contribution in [0.25, 0.3) is 0 Å². The summed E-state index contributed by atoms with van der Waals surface area (Å²) in [6, 6.07) is 5.16. The van der Waals surface area contributed by atoms with Gasteiger partial charge >= 0.3 is 5.97 Å². The summed E-state index contributed by atoms with van der Waals surface area (Å²) in [5.74, 6) is -0.0880. The summed E-state index contributed by atoms with van der Waals surface area (Å²) in [6.45, 7) is 1.65. The molecule has 1 heterocycles. The zero-order valence-corrected chi connectivity index (χ0v) is 11.1. The molecule has 0 saturated carbocycles. The van der Waals surface area contributed by atoms with Crippen molar-refractivity contribution in [2.24, 2.45) is 0 Å². The van der Waals surface area contributed by atoms with Crippen LogP contribution >= 0.6 is 11.6 Å². The number of carbonyl (C=O) groups excluding carboxylic acids is 1. The number of hydrogen-bond acceptors (Lipinski definition) is 6. The van der Waals surface area contributed by atoms with Crippen molar-refractivity contribution in [1.29, 1.82) is 0 Å². The van der Waals surface area contributed by atoms with Crippen LogP contribution in [0.2, 0.25) is 5.02 Å². The number of non-ortho nitro benzene ring substituents is 1. The summed E-state index contributed by atoms with van der Waals surface area (Å²) >= 11 is 5.81. The van der Waals surface area contributed by atoms with Crippen molar-refractivity contribution in [2.75, 3.05) is 0 Å². The highest BCUT2D eigenvalue weighted by Gasteiger charge is 2.16. The summed E-state index contributed by atoms with van der Waals surface area (Å²) in [5, 5.41) is 14.2. The van der Waals surface area contributed by atoms with Gasteiger partial charge < -0.3 is 9.26 Å². The van der Waals surface area contributed by atoms with E-state index in [0.29, 0.717) is 11.5 Å². The van der Waals surface area contributed by atoms with E-state index in [1.165, 1.54) is 12.1 Å². The van der Waals surface area contributed by atoms with Crippen molar-refractivity contribution >= 4 is 23.3 Å². The molecule has 7 nitrogen and oxygen atoms in total. The molecule has 1 aromatic heterocycles. The monoisotopic (exact) mass is 296 g/mol. The zero-order chi connectivity index (χ0) is 14.7. The van der Waals surface area contributed by atoms with Crippen LogP contribution in [0.15, 0.2) is 28.8 Å². The maximum atomic E-state index is 11.8. The number of aryl methyl sites for hydroxylation is 1. The molecule has 0 N–H and O–H groups in total. The van der Waals surface area contributed by atoms with Crippen LogP contribution in [0.5, 0.6) is 0 Å². The predicted octanol–water partition coefficient (Wildman–Crippen LogP) is 2.90. The highest BCUT2D eigenvalue weighted by molar-refractivity contribution is 6.33. The minimum Gasteiger partial charge on any atom is -0.455 e. The fraction of sp³-hybridized carbons (Fsp3) is 0.167. The van der Waals surface area contributed by atoms with Crippen LogP contribution < -0.4 is 0 Å². The van der Waals surface area contributed by atoms with Crippen molar-refractivity contribution in [1.82, 2.24) is 5.16 Å². The van der Waals surface area contributed by atoms with Gasteiger partial charge in [-0.1, -0.05) is 16.8 Å². The molecule has 104 valence electrons. The molecular formula is C12H9ClN2O5. The fourth-order valence-electron chi connectivity index (χ4n) is 1.49. The van der Waals surface area contributed by atoms with Crippen LogP contribution in [0.4, 0.5) is 5.69 Å². The number of nitro benzene ring substituents is 1. The second-order valence-electron chi connectivity index (χ2n) is 3.93. The van der Waals surface area contributed by atoms with Crippen LogP contribution in [-0.4, -0.2) is 16.0 Å². The molecule has 0 saturated heterocycles. The van der Waals surface area contributed by atoms with E-state index in [-0.39, 0.29) is 22.9 Å². The highest BCUT2D eigenvalue weighted by atomic mass is 35.5. The number of carbonyl (C=O) groups is 1. The smallest absolute Gasteiger partial charge is 0.340 e. The van der Waals surface area contributed by atoms with Gasteiger partial charge in [-0.05, 0) is 13.0 Å². The lowest BCUT2D eigenvalue weighted by Gasteiger charge is -2.04. The molecule has 0 aliphatic heterocycles. The predicted molar refractivity (Wildman–Crippen MR) is 68.5 cm³/mol. The molecule has 0 amide bonds. The minimum atomic E-state index is -0.689. The Morgan fingerprint density at radius 3 is 2.80 bits per heavy atom. The number of benzene rings is 1. The summed E-state index contributed by atoms with van der Waals surface area (Å²) in [6.07, 6.45) is 0. The number of halogens is 1. The van der Waals surface area contributed by atoms with Crippen molar-refractivity contribution in [3.63, 3.8) is 0 Å². The van der Waals surface area contributed by atoms with Crippen LogP contribution in [-0.2, 0) is 11.3 Å². The van der Waals surface area contributed by atoms with Gasteiger partial charge in [-0.3, -0.25) is 10.1 Å². The first kappa shape index (κ1) is 14.0. The lowest BCUT2D eigenvalue weighted by atomic mass is 10.2.